The van der Waals surface area contributed by atoms with Gasteiger partial charge in [0.15, 0.2) is 0 Å². The molecule has 1 unspecified atom stereocenters. The van der Waals surface area contributed by atoms with E-state index < -0.39 is 9.84 Å². The van der Waals surface area contributed by atoms with Gasteiger partial charge in [-0.05, 0) is 66.3 Å². The predicted octanol–water partition coefficient (Wildman–Crippen LogP) is 6.06. The van der Waals surface area contributed by atoms with Crippen LogP contribution in [0.15, 0.2) is 48.5 Å². The Balaban J connectivity index is 1.44. The first-order valence-electron chi connectivity index (χ1n) is 12.7. The van der Waals surface area contributed by atoms with Crippen LogP contribution < -0.4 is 14.2 Å². The van der Waals surface area contributed by atoms with Crippen LogP contribution in [0.4, 0.5) is 0 Å². The van der Waals surface area contributed by atoms with Crippen LogP contribution in [0.1, 0.15) is 41.0 Å². The molecule has 0 fully saturated rings. The molecule has 0 amide bonds. The van der Waals surface area contributed by atoms with Crippen LogP contribution in [-0.2, 0) is 26.0 Å². The van der Waals surface area contributed by atoms with Crippen molar-refractivity contribution in [1.82, 2.24) is 0 Å². The molecule has 0 aliphatic carbocycles. The van der Waals surface area contributed by atoms with Crippen molar-refractivity contribution in [2.45, 2.75) is 39.2 Å². The molecular formula is C30H33ClO7S. The zero-order valence-electron chi connectivity index (χ0n) is 22.6. The van der Waals surface area contributed by atoms with Crippen molar-refractivity contribution in [3.63, 3.8) is 0 Å². The number of carbonyl (C=O) groups excluding carboxylic acids is 1. The van der Waals surface area contributed by atoms with Gasteiger partial charge in [-0.25, -0.2) is 8.42 Å². The Morgan fingerprint density at radius 1 is 1.10 bits per heavy atom. The highest BCUT2D eigenvalue weighted by atomic mass is 35.5. The van der Waals surface area contributed by atoms with Gasteiger partial charge < -0.3 is 18.9 Å². The highest BCUT2D eigenvalue weighted by molar-refractivity contribution is 7.90. The summed E-state index contributed by atoms with van der Waals surface area (Å²) in [6.07, 6.45) is 1.91. The maximum Gasteiger partial charge on any atom is 0.306 e. The average Bonchev–Trinajstić information content (AvgIpc) is 3.29. The first kappa shape index (κ1) is 28.8. The molecule has 9 heteroatoms. The maximum absolute atomic E-state index is 11.7. The number of methoxy groups -OCH3 is 1. The minimum Gasteiger partial charge on any atom is -0.492 e. The number of hydrogen-bond acceptors (Lipinski definition) is 7. The van der Waals surface area contributed by atoms with E-state index in [2.05, 4.69) is 6.07 Å². The Bertz CT molecular complexity index is 1470. The molecule has 39 heavy (non-hydrogen) atoms. The van der Waals surface area contributed by atoms with Gasteiger partial charge in [0.2, 0.25) is 0 Å². The predicted molar refractivity (Wildman–Crippen MR) is 152 cm³/mol. The number of aryl methyl sites for hydroxylation is 1. The minimum atomic E-state index is -3.03. The summed E-state index contributed by atoms with van der Waals surface area (Å²) in [5.74, 6) is 1.77. The summed E-state index contributed by atoms with van der Waals surface area (Å²) in [5.41, 5.74) is 5.91. The van der Waals surface area contributed by atoms with Gasteiger partial charge in [-0.1, -0.05) is 35.9 Å². The normalized spacial score (nSPS) is 14.4. The summed E-state index contributed by atoms with van der Waals surface area (Å²) in [4.78, 5) is 11.7. The number of halogens is 1. The third-order valence-electron chi connectivity index (χ3n) is 6.71. The molecule has 3 aromatic carbocycles. The average molecular weight is 573 g/mol. The topological polar surface area (TPSA) is 88.1 Å². The summed E-state index contributed by atoms with van der Waals surface area (Å²) in [7, 11) is -1.64. The van der Waals surface area contributed by atoms with Crippen molar-refractivity contribution in [2.24, 2.45) is 0 Å². The summed E-state index contributed by atoms with van der Waals surface area (Å²) >= 11 is 6.66. The van der Waals surface area contributed by atoms with E-state index in [4.69, 9.17) is 30.5 Å². The first-order valence-corrected chi connectivity index (χ1v) is 15.2. The van der Waals surface area contributed by atoms with E-state index in [-0.39, 0.29) is 30.7 Å². The molecule has 0 saturated carbocycles. The zero-order valence-corrected chi connectivity index (χ0v) is 24.2. The summed E-state index contributed by atoms with van der Waals surface area (Å²) in [6, 6.07) is 15.7. The minimum absolute atomic E-state index is 0.0132. The van der Waals surface area contributed by atoms with E-state index in [1.807, 2.05) is 56.3 Å². The molecule has 3 aromatic rings. The van der Waals surface area contributed by atoms with Crippen LogP contribution >= 0.6 is 11.6 Å². The van der Waals surface area contributed by atoms with Crippen molar-refractivity contribution < 1.29 is 32.2 Å². The van der Waals surface area contributed by atoms with Gasteiger partial charge in [0.25, 0.3) is 0 Å². The van der Waals surface area contributed by atoms with Crippen molar-refractivity contribution in [1.29, 1.82) is 0 Å². The van der Waals surface area contributed by atoms with Crippen LogP contribution in [0.2, 0.25) is 5.02 Å². The first-order chi connectivity index (χ1) is 18.6. The molecule has 0 saturated heterocycles. The van der Waals surface area contributed by atoms with E-state index in [9.17, 15) is 13.2 Å². The van der Waals surface area contributed by atoms with Crippen molar-refractivity contribution in [2.75, 3.05) is 32.3 Å². The maximum atomic E-state index is 11.7. The SMILES string of the molecule is COC(=O)CC1COc2cc(OCc3cccc(-c4c(C)cc(OCCCS(C)(=O)=O)c(Cl)c4C)c3)ccc21. The monoisotopic (exact) mass is 572 g/mol. The molecule has 208 valence electrons. The van der Waals surface area contributed by atoms with Crippen LogP contribution in [0.25, 0.3) is 11.1 Å². The van der Waals surface area contributed by atoms with Gasteiger partial charge in [0.1, 0.15) is 33.7 Å². The molecule has 0 radical (unpaired) electrons. The fourth-order valence-electron chi connectivity index (χ4n) is 4.76. The molecule has 1 heterocycles. The van der Waals surface area contributed by atoms with Gasteiger partial charge in [-0.2, -0.15) is 0 Å². The smallest absolute Gasteiger partial charge is 0.306 e. The molecule has 1 atom stereocenters. The van der Waals surface area contributed by atoms with Gasteiger partial charge in [0, 0.05) is 23.8 Å². The Hall–Kier alpha value is -3.23. The number of sulfone groups is 1. The van der Waals surface area contributed by atoms with Gasteiger partial charge >= 0.3 is 5.97 Å². The fourth-order valence-corrected chi connectivity index (χ4v) is 5.60. The molecular weight excluding hydrogens is 540 g/mol. The largest absolute Gasteiger partial charge is 0.492 e. The number of ether oxygens (including phenoxy) is 4. The number of rotatable bonds is 11. The molecule has 1 aliphatic heterocycles. The lowest BCUT2D eigenvalue weighted by Crippen LogP contribution is -2.09. The standard InChI is InChI=1S/C30H33ClO7S/c1-19-13-27(36-11-6-12-39(4,33)34)30(31)20(2)29(19)22-8-5-7-21(14-22)17-37-24-9-10-25-23(15-28(32)35-3)18-38-26(25)16-24/h5,7-10,13-14,16,23H,6,11-12,15,17-18H2,1-4H3. The van der Waals surface area contributed by atoms with E-state index in [1.54, 1.807) is 0 Å². The highest BCUT2D eigenvalue weighted by Crippen LogP contribution is 2.40. The third kappa shape index (κ3) is 7.25. The lowest BCUT2D eigenvalue weighted by Gasteiger charge is -2.17. The third-order valence-corrected chi connectivity index (χ3v) is 8.21. The van der Waals surface area contributed by atoms with E-state index in [1.165, 1.54) is 13.4 Å². The number of esters is 1. The van der Waals surface area contributed by atoms with E-state index >= 15 is 0 Å². The van der Waals surface area contributed by atoms with Crippen molar-refractivity contribution in [3.05, 3.63) is 75.8 Å². The Morgan fingerprint density at radius 3 is 2.64 bits per heavy atom. The van der Waals surface area contributed by atoms with E-state index in [0.717, 1.165) is 39.1 Å². The Kier molecular flexibility index (Phi) is 9.08. The van der Waals surface area contributed by atoms with E-state index in [0.29, 0.717) is 36.2 Å². The molecule has 0 spiro atoms. The van der Waals surface area contributed by atoms with Gasteiger partial charge in [-0.15, -0.1) is 0 Å². The molecule has 0 aromatic heterocycles. The number of hydrogen-bond donors (Lipinski definition) is 0. The Morgan fingerprint density at radius 2 is 1.90 bits per heavy atom. The molecule has 1 aliphatic rings. The molecule has 0 bridgehead atoms. The van der Waals surface area contributed by atoms with Crippen LogP contribution in [-0.4, -0.2) is 46.7 Å². The molecule has 0 N–H and O–H groups in total. The molecule has 7 nitrogen and oxygen atoms in total. The van der Waals surface area contributed by atoms with Gasteiger partial charge in [-0.3, -0.25) is 4.79 Å². The van der Waals surface area contributed by atoms with Crippen LogP contribution in [0, 0.1) is 13.8 Å². The van der Waals surface area contributed by atoms with Crippen LogP contribution in [0.5, 0.6) is 17.2 Å². The summed E-state index contributed by atoms with van der Waals surface area (Å²) in [5, 5.41) is 0.514. The lowest BCUT2D eigenvalue weighted by atomic mass is 9.94. The highest BCUT2D eigenvalue weighted by Gasteiger charge is 2.27. The zero-order chi connectivity index (χ0) is 28.2. The molecule has 4 rings (SSSR count). The summed E-state index contributed by atoms with van der Waals surface area (Å²) in [6.45, 7) is 5.04. The number of fused-ring (bicyclic) bond motifs is 1. The second kappa shape index (κ2) is 12.3. The number of carbonyl (C=O) groups is 1. The quantitative estimate of drug-likeness (QED) is 0.204. The number of benzene rings is 3. The second-order valence-electron chi connectivity index (χ2n) is 9.81. The Labute approximate surface area is 234 Å². The van der Waals surface area contributed by atoms with Crippen molar-refractivity contribution in [3.8, 4) is 28.4 Å². The van der Waals surface area contributed by atoms with Crippen LogP contribution in [0.3, 0.4) is 0 Å². The fraction of sp³-hybridized carbons (Fsp3) is 0.367. The lowest BCUT2D eigenvalue weighted by molar-refractivity contribution is -0.141. The summed E-state index contributed by atoms with van der Waals surface area (Å²) < 4.78 is 45.2. The van der Waals surface area contributed by atoms with Crippen molar-refractivity contribution >= 4 is 27.4 Å². The second-order valence-corrected chi connectivity index (χ2v) is 12.5. The van der Waals surface area contributed by atoms with Gasteiger partial charge in [0.05, 0.1) is 37.5 Å².